The van der Waals surface area contributed by atoms with Crippen molar-refractivity contribution in [3.63, 3.8) is 0 Å². The molecular formula is C11H14O2. The van der Waals surface area contributed by atoms with E-state index in [0.29, 0.717) is 6.61 Å². The molecule has 2 heteroatoms. The van der Waals surface area contributed by atoms with Gasteiger partial charge in [0, 0.05) is 0 Å². The minimum absolute atomic E-state index is 0.493. The van der Waals surface area contributed by atoms with Gasteiger partial charge in [0.25, 0.3) is 0 Å². The summed E-state index contributed by atoms with van der Waals surface area (Å²) >= 11 is 0. The van der Waals surface area contributed by atoms with Gasteiger partial charge in [-0.15, -0.1) is 0 Å². The molecule has 0 radical (unpaired) electrons. The zero-order valence-corrected chi connectivity index (χ0v) is 7.99. The molecule has 0 aromatic heterocycles. The minimum Gasteiger partial charge on any atom is -0.240 e. The first-order valence-electron chi connectivity index (χ1n) is 4.24. The second-order valence-corrected chi connectivity index (χ2v) is 2.67. The molecule has 0 heterocycles. The molecule has 0 aliphatic rings. The van der Waals surface area contributed by atoms with Crippen molar-refractivity contribution in [2.45, 2.75) is 13.5 Å². The first-order chi connectivity index (χ1) is 6.36. The van der Waals surface area contributed by atoms with Crippen LogP contribution in [0.5, 0.6) is 0 Å². The van der Waals surface area contributed by atoms with Crippen LogP contribution in [0.3, 0.4) is 0 Å². The van der Waals surface area contributed by atoms with E-state index in [1.165, 1.54) is 12.7 Å². The lowest BCUT2D eigenvalue weighted by atomic mass is 10.1. The molecule has 0 aliphatic heterocycles. The van der Waals surface area contributed by atoms with Crippen LogP contribution in [0.1, 0.15) is 18.1 Å². The monoisotopic (exact) mass is 178 g/mol. The molecule has 0 amide bonds. The molecule has 0 saturated heterocycles. The van der Waals surface area contributed by atoms with Gasteiger partial charge in [-0.25, -0.2) is 9.78 Å². The summed E-state index contributed by atoms with van der Waals surface area (Å²) in [4.78, 5) is 9.31. The molecule has 0 atom stereocenters. The van der Waals surface area contributed by atoms with Gasteiger partial charge in [0.1, 0.15) is 6.61 Å². The van der Waals surface area contributed by atoms with Crippen LogP contribution in [0.15, 0.2) is 30.3 Å². The summed E-state index contributed by atoms with van der Waals surface area (Å²) < 4.78 is 0. The molecule has 13 heavy (non-hydrogen) atoms. The summed E-state index contributed by atoms with van der Waals surface area (Å²) in [5.74, 6) is 0. The van der Waals surface area contributed by atoms with Crippen molar-refractivity contribution in [2.75, 3.05) is 7.11 Å². The van der Waals surface area contributed by atoms with Gasteiger partial charge in [0.05, 0.1) is 7.11 Å². The van der Waals surface area contributed by atoms with Gasteiger partial charge in [0.2, 0.25) is 0 Å². The van der Waals surface area contributed by atoms with Crippen molar-refractivity contribution in [1.82, 2.24) is 0 Å². The number of hydrogen-bond acceptors (Lipinski definition) is 2. The average Bonchev–Trinajstić information content (AvgIpc) is 2.17. The fourth-order valence-electron chi connectivity index (χ4n) is 1.04. The molecule has 0 aliphatic carbocycles. The highest BCUT2D eigenvalue weighted by molar-refractivity contribution is 5.49. The third-order valence-corrected chi connectivity index (χ3v) is 1.68. The van der Waals surface area contributed by atoms with E-state index in [0.717, 1.165) is 5.56 Å². The van der Waals surface area contributed by atoms with E-state index in [1.807, 2.05) is 37.3 Å². The van der Waals surface area contributed by atoms with Gasteiger partial charge in [-0.3, -0.25) is 0 Å². The maximum absolute atomic E-state index is 4.80. The maximum atomic E-state index is 4.80. The van der Waals surface area contributed by atoms with Crippen molar-refractivity contribution in [2.24, 2.45) is 0 Å². The summed E-state index contributed by atoms with van der Waals surface area (Å²) in [6.45, 7) is 2.49. The normalized spacial score (nSPS) is 10.9. The predicted octanol–water partition coefficient (Wildman–Crippen LogP) is 2.80. The number of rotatable bonds is 4. The van der Waals surface area contributed by atoms with Crippen LogP contribution in [0, 0.1) is 0 Å². The molecule has 1 rings (SSSR count). The Morgan fingerprint density at radius 1 is 1.23 bits per heavy atom. The Labute approximate surface area is 78.7 Å². The van der Waals surface area contributed by atoms with Gasteiger partial charge in [-0.1, -0.05) is 36.4 Å². The molecule has 0 spiro atoms. The molecule has 1 aromatic carbocycles. The zero-order chi connectivity index (χ0) is 9.52. The molecular weight excluding hydrogens is 164 g/mol. The lowest BCUT2D eigenvalue weighted by molar-refractivity contribution is -0.282. The fourth-order valence-corrected chi connectivity index (χ4v) is 1.04. The van der Waals surface area contributed by atoms with E-state index in [-0.39, 0.29) is 0 Å². The lowest BCUT2D eigenvalue weighted by Gasteiger charge is -2.00. The SMILES string of the molecule is C/C=C/c1ccc(COOC)cc1. The molecule has 0 saturated carbocycles. The first-order valence-corrected chi connectivity index (χ1v) is 4.24. The third kappa shape index (κ3) is 3.40. The molecule has 0 bridgehead atoms. The standard InChI is InChI=1S/C11H14O2/c1-3-4-10-5-7-11(8-6-10)9-13-12-2/h3-8H,9H2,1-2H3/b4-3+. The Balaban J connectivity index is 2.58. The third-order valence-electron chi connectivity index (χ3n) is 1.68. The zero-order valence-electron chi connectivity index (χ0n) is 7.99. The van der Waals surface area contributed by atoms with Crippen molar-refractivity contribution in [3.05, 3.63) is 41.5 Å². The van der Waals surface area contributed by atoms with Crippen LogP contribution in [0.4, 0.5) is 0 Å². The van der Waals surface area contributed by atoms with E-state index < -0.39 is 0 Å². The smallest absolute Gasteiger partial charge is 0.107 e. The summed E-state index contributed by atoms with van der Waals surface area (Å²) in [7, 11) is 1.51. The van der Waals surface area contributed by atoms with Crippen molar-refractivity contribution < 1.29 is 9.78 Å². The lowest BCUT2D eigenvalue weighted by Crippen LogP contribution is -1.90. The van der Waals surface area contributed by atoms with E-state index >= 15 is 0 Å². The highest BCUT2D eigenvalue weighted by atomic mass is 17.2. The summed E-state index contributed by atoms with van der Waals surface area (Å²) in [6, 6.07) is 8.14. The Morgan fingerprint density at radius 3 is 2.46 bits per heavy atom. The van der Waals surface area contributed by atoms with E-state index in [4.69, 9.17) is 4.89 Å². The first kappa shape index (κ1) is 9.96. The number of allylic oxidation sites excluding steroid dienone is 1. The second-order valence-electron chi connectivity index (χ2n) is 2.67. The quantitative estimate of drug-likeness (QED) is 0.521. The molecule has 2 nitrogen and oxygen atoms in total. The van der Waals surface area contributed by atoms with Crippen LogP contribution in [-0.2, 0) is 16.4 Å². The van der Waals surface area contributed by atoms with Crippen LogP contribution in [-0.4, -0.2) is 7.11 Å². The van der Waals surface area contributed by atoms with Crippen LogP contribution in [0.25, 0.3) is 6.08 Å². The van der Waals surface area contributed by atoms with Crippen molar-refractivity contribution in [3.8, 4) is 0 Å². The maximum Gasteiger partial charge on any atom is 0.107 e. The Morgan fingerprint density at radius 2 is 1.92 bits per heavy atom. The topological polar surface area (TPSA) is 18.5 Å². The molecule has 0 N–H and O–H groups in total. The van der Waals surface area contributed by atoms with Gasteiger partial charge in [-0.2, -0.15) is 0 Å². The summed E-state index contributed by atoms with van der Waals surface area (Å²) in [6.07, 6.45) is 4.07. The number of benzene rings is 1. The molecule has 0 fully saturated rings. The summed E-state index contributed by atoms with van der Waals surface area (Å²) in [5, 5.41) is 0. The largest absolute Gasteiger partial charge is 0.240 e. The van der Waals surface area contributed by atoms with Gasteiger partial charge in [-0.05, 0) is 18.1 Å². The average molecular weight is 178 g/mol. The van der Waals surface area contributed by atoms with E-state index in [2.05, 4.69) is 11.0 Å². The van der Waals surface area contributed by atoms with E-state index in [1.54, 1.807) is 0 Å². The predicted molar refractivity (Wildman–Crippen MR) is 52.9 cm³/mol. The fraction of sp³-hybridized carbons (Fsp3) is 0.273. The van der Waals surface area contributed by atoms with Crippen molar-refractivity contribution in [1.29, 1.82) is 0 Å². The minimum atomic E-state index is 0.493. The van der Waals surface area contributed by atoms with Crippen LogP contribution >= 0.6 is 0 Å². The van der Waals surface area contributed by atoms with Crippen LogP contribution in [0.2, 0.25) is 0 Å². The Bertz CT molecular complexity index is 262. The highest BCUT2D eigenvalue weighted by Gasteiger charge is 1.92. The van der Waals surface area contributed by atoms with Gasteiger partial charge >= 0.3 is 0 Å². The van der Waals surface area contributed by atoms with Crippen molar-refractivity contribution >= 4 is 6.08 Å². The Kier molecular flexibility index (Phi) is 4.23. The molecule has 0 unspecified atom stereocenters. The van der Waals surface area contributed by atoms with Gasteiger partial charge < -0.3 is 0 Å². The summed E-state index contributed by atoms with van der Waals surface area (Å²) in [5.41, 5.74) is 2.30. The molecule has 1 aromatic rings. The Hall–Kier alpha value is -1.12. The van der Waals surface area contributed by atoms with Crippen LogP contribution < -0.4 is 0 Å². The highest BCUT2D eigenvalue weighted by Crippen LogP contribution is 2.07. The van der Waals surface area contributed by atoms with E-state index in [9.17, 15) is 0 Å². The number of hydrogen-bond donors (Lipinski definition) is 0. The van der Waals surface area contributed by atoms with Gasteiger partial charge in [0.15, 0.2) is 0 Å². The molecule has 70 valence electrons. The second kappa shape index (κ2) is 5.51.